The zero-order chi connectivity index (χ0) is 21.0. The van der Waals surface area contributed by atoms with Crippen molar-refractivity contribution >= 4 is 39.1 Å². The molecule has 7 nitrogen and oxygen atoms in total. The Bertz CT molecular complexity index is 1010. The van der Waals surface area contributed by atoms with E-state index in [1.165, 1.54) is 23.9 Å². The number of amides is 1. The van der Waals surface area contributed by atoms with Crippen LogP contribution in [0.2, 0.25) is 0 Å². The number of benzene rings is 2. The van der Waals surface area contributed by atoms with Gasteiger partial charge in [0.15, 0.2) is 0 Å². The van der Waals surface area contributed by atoms with Gasteiger partial charge in [0.2, 0.25) is 5.91 Å². The number of carbonyl (C=O) groups excluding carboxylic acids is 1. The number of sulfonamides is 1. The van der Waals surface area contributed by atoms with Gasteiger partial charge in [-0.25, -0.2) is 8.42 Å². The predicted octanol–water partition coefficient (Wildman–Crippen LogP) is 3.97. The Morgan fingerprint density at radius 1 is 1.14 bits per heavy atom. The minimum absolute atomic E-state index is 0.0518. The number of fused-ring (bicyclic) bond motifs is 1. The van der Waals surface area contributed by atoms with E-state index in [9.17, 15) is 13.2 Å². The van der Waals surface area contributed by atoms with Crippen LogP contribution in [-0.2, 0) is 14.8 Å². The quantitative estimate of drug-likeness (QED) is 0.682. The fourth-order valence-corrected chi connectivity index (χ4v) is 4.87. The Hall–Kier alpha value is -2.39. The maximum absolute atomic E-state index is 13.0. The average molecular weight is 437 g/mol. The summed E-state index contributed by atoms with van der Waals surface area (Å²) in [6, 6.07) is 9.71. The van der Waals surface area contributed by atoms with Crippen LogP contribution in [0.15, 0.2) is 46.2 Å². The number of hydrogen-bond donors (Lipinski definition) is 2. The van der Waals surface area contributed by atoms with Crippen molar-refractivity contribution < 1.29 is 22.7 Å². The minimum atomic E-state index is -3.91. The van der Waals surface area contributed by atoms with E-state index in [1.54, 1.807) is 24.3 Å². The molecule has 0 bridgehead atoms. The van der Waals surface area contributed by atoms with E-state index in [0.29, 0.717) is 41.8 Å². The van der Waals surface area contributed by atoms with Crippen molar-refractivity contribution in [2.45, 2.75) is 30.6 Å². The summed E-state index contributed by atoms with van der Waals surface area (Å²) in [6.45, 7) is 6.36. The first-order chi connectivity index (χ1) is 13.8. The molecule has 0 aliphatic carbocycles. The second-order valence-electron chi connectivity index (χ2n) is 6.49. The van der Waals surface area contributed by atoms with E-state index in [1.807, 2.05) is 20.8 Å². The number of ether oxygens (including phenoxy) is 2. The summed E-state index contributed by atoms with van der Waals surface area (Å²) in [6.07, 6.45) is 0. The van der Waals surface area contributed by atoms with Crippen molar-refractivity contribution in [3.63, 3.8) is 0 Å². The molecule has 2 aromatic rings. The summed E-state index contributed by atoms with van der Waals surface area (Å²) in [4.78, 5) is 13.0. The molecule has 156 valence electrons. The van der Waals surface area contributed by atoms with E-state index in [4.69, 9.17) is 9.47 Å². The fourth-order valence-electron chi connectivity index (χ4n) is 2.78. The van der Waals surface area contributed by atoms with Crippen LogP contribution in [-0.4, -0.2) is 33.3 Å². The third-order valence-electron chi connectivity index (χ3n) is 4.26. The number of nitrogens with one attached hydrogen (secondary N) is 2. The van der Waals surface area contributed by atoms with Crippen molar-refractivity contribution in [2.75, 3.05) is 29.0 Å². The number of rotatable bonds is 7. The number of anilines is 2. The van der Waals surface area contributed by atoms with Gasteiger partial charge in [0.05, 0.1) is 29.5 Å². The van der Waals surface area contributed by atoms with Crippen molar-refractivity contribution in [1.82, 2.24) is 0 Å². The maximum atomic E-state index is 13.0. The molecule has 0 radical (unpaired) electrons. The second-order valence-corrected chi connectivity index (χ2v) is 9.23. The van der Waals surface area contributed by atoms with E-state index < -0.39 is 10.0 Å². The standard InChI is InChI=1S/C20H24N2O5S2/c1-4-26-14-6-8-18(27-5-2)16(10-14)22-29(24,25)15-7-9-19-17(11-15)21-20(23)13(3)12-28-19/h6-11,13,22H,4-5,12H2,1-3H3,(H,21,23)/t13-/m0/s1. The highest BCUT2D eigenvalue weighted by Gasteiger charge is 2.23. The van der Waals surface area contributed by atoms with Crippen LogP contribution in [0.5, 0.6) is 11.5 Å². The zero-order valence-corrected chi connectivity index (χ0v) is 18.2. The van der Waals surface area contributed by atoms with Crippen molar-refractivity contribution in [1.29, 1.82) is 0 Å². The summed E-state index contributed by atoms with van der Waals surface area (Å²) < 4.78 is 39.6. The van der Waals surface area contributed by atoms with Crippen molar-refractivity contribution in [3.8, 4) is 11.5 Å². The van der Waals surface area contributed by atoms with Gasteiger partial charge in [0.1, 0.15) is 11.5 Å². The van der Waals surface area contributed by atoms with Gasteiger partial charge >= 0.3 is 0 Å². The summed E-state index contributed by atoms with van der Waals surface area (Å²) in [7, 11) is -3.91. The fraction of sp³-hybridized carbons (Fsp3) is 0.350. The summed E-state index contributed by atoms with van der Waals surface area (Å²) in [5.74, 6) is 1.31. The molecule has 1 atom stereocenters. The Morgan fingerprint density at radius 3 is 2.62 bits per heavy atom. The molecule has 9 heteroatoms. The molecule has 1 amide bonds. The van der Waals surface area contributed by atoms with Crippen LogP contribution in [0.25, 0.3) is 0 Å². The van der Waals surface area contributed by atoms with E-state index in [0.717, 1.165) is 4.90 Å². The molecule has 3 rings (SSSR count). The lowest BCUT2D eigenvalue weighted by Crippen LogP contribution is -2.20. The molecule has 0 unspecified atom stereocenters. The largest absolute Gasteiger partial charge is 0.494 e. The predicted molar refractivity (Wildman–Crippen MR) is 115 cm³/mol. The van der Waals surface area contributed by atoms with Crippen LogP contribution < -0.4 is 19.5 Å². The number of hydrogen-bond acceptors (Lipinski definition) is 6. The summed E-state index contributed by atoms with van der Waals surface area (Å²) in [5.41, 5.74) is 0.792. The van der Waals surface area contributed by atoms with Gasteiger partial charge in [-0.2, -0.15) is 0 Å². The molecular weight excluding hydrogens is 412 g/mol. The first-order valence-corrected chi connectivity index (χ1v) is 11.8. The molecule has 0 saturated carbocycles. The lowest BCUT2D eigenvalue weighted by molar-refractivity contribution is -0.118. The van der Waals surface area contributed by atoms with Gasteiger partial charge in [-0.3, -0.25) is 9.52 Å². The summed E-state index contributed by atoms with van der Waals surface area (Å²) in [5, 5.41) is 2.81. The third kappa shape index (κ3) is 4.97. The first-order valence-electron chi connectivity index (χ1n) is 9.34. The lowest BCUT2D eigenvalue weighted by Gasteiger charge is -2.15. The van der Waals surface area contributed by atoms with Gasteiger partial charge in [-0.05, 0) is 44.2 Å². The Labute approximate surface area is 175 Å². The Morgan fingerprint density at radius 2 is 1.90 bits per heavy atom. The van der Waals surface area contributed by atoms with Gasteiger partial charge in [0.25, 0.3) is 10.0 Å². The summed E-state index contributed by atoms with van der Waals surface area (Å²) >= 11 is 1.53. The molecule has 1 aliphatic rings. The second kappa shape index (κ2) is 8.96. The number of thioether (sulfide) groups is 1. The minimum Gasteiger partial charge on any atom is -0.494 e. The lowest BCUT2D eigenvalue weighted by atomic mass is 10.2. The molecule has 0 aromatic heterocycles. The van der Waals surface area contributed by atoms with Gasteiger partial charge in [-0.1, -0.05) is 6.92 Å². The average Bonchev–Trinajstić information content (AvgIpc) is 2.82. The molecule has 0 fully saturated rings. The SMILES string of the molecule is CCOc1ccc(OCC)c(NS(=O)(=O)c2ccc3c(c2)NC(=O)[C@@H](C)CS3)c1. The molecule has 0 spiro atoms. The van der Waals surface area contributed by atoms with E-state index in [-0.39, 0.29) is 16.7 Å². The van der Waals surface area contributed by atoms with E-state index in [2.05, 4.69) is 10.0 Å². The monoisotopic (exact) mass is 436 g/mol. The van der Waals surface area contributed by atoms with Gasteiger partial charge in [-0.15, -0.1) is 11.8 Å². The molecule has 29 heavy (non-hydrogen) atoms. The molecule has 1 heterocycles. The zero-order valence-electron chi connectivity index (χ0n) is 16.5. The maximum Gasteiger partial charge on any atom is 0.262 e. The molecular formula is C20H24N2O5S2. The van der Waals surface area contributed by atoms with Crippen molar-refractivity contribution in [2.24, 2.45) is 5.92 Å². The van der Waals surface area contributed by atoms with Crippen molar-refractivity contribution in [3.05, 3.63) is 36.4 Å². The molecule has 2 aromatic carbocycles. The Kier molecular flexibility index (Phi) is 6.59. The Balaban J connectivity index is 1.93. The van der Waals surface area contributed by atoms with Gasteiger partial charge in [0, 0.05) is 22.6 Å². The van der Waals surface area contributed by atoms with E-state index >= 15 is 0 Å². The normalized spacial score (nSPS) is 16.4. The van der Waals surface area contributed by atoms with Crippen LogP contribution in [0.1, 0.15) is 20.8 Å². The highest BCUT2D eigenvalue weighted by atomic mass is 32.2. The molecule has 1 aliphatic heterocycles. The molecule has 0 saturated heterocycles. The molecule has 2 N–H and O–H groups in total. The topological polar surface area (TPSA) is 93.7 Å². The smallest absolute Gasteiger partial charge is 0.262 e. The van der Waals surface area contributed by atoms with Crippen LogP contribution in [0, 0.1) is 5.92 Å². The van der Waals surface area contributed by atoms with Crippen LogP contribution in [0.4, 0.5) is 11.4 Å². The first kappa shape index (κ1) is 21.3. The van der Waals surface area contributed by atoms with Crippen LogP contribution in [0.3, 0.4) is 0 Å². The van der Waals surface area contributed by atoms with Crippen LogP contribution >= 0.6 is 11.8 Å². The number of carbonyl (C=O) groups is 1. The third-order valence-corrected chi connectivity index (χ3v) is 6.96. The van der Waals surface area contributed by atoms with Gasteiger partial charge < -0.3 is 14.8 Å². The highest BCUT2D eigenvalue weighted by Crippen LogP contribution is 2.36. The highest BCUT2D eigenvalue weighted by molar-refractivity contribution is 7.99.